The van der Waals surface area contributed by atoms with E-state index >= 15 is 0 Å². The van der Waals surface area contributed by atoms with Crippen LogP contribution in [-0.4, -0.2) is 10.2 Å². The second kappa shape index (κ2) is 9.08. The molecule has 0 saturated carbocycles. The smallest absolute Gasteiger partial charge is 0.258 e. The summed E-state index contributed by atoms with van der Waals surface area (Å²) in [5, 5.41) is 18.2. The first-order valence-electron chi connectivity index (χ1n) is 9.20. The van der Waals surface area contributed by atoms with Gasteiger partial charge in [0.15, 0.2) is 0 Å². The lowest BCUT2D eigenvalue weighted by Crippen LogP contribution is -1.95. The first kappa shape index (κ1) is 19.4. The molecule has 0 amide bonds. The summed E-state index contributed by atoms with van der Waals surface area (Å²) < 4.78 is 11.5. The topological polar surface area (TPSA) is 71.9 Å². The number of allylic oxidation sites excluding steroid dienone is 1. The number of hydrogen-bond donors (Lipinski definition) is 0. The maximum atomic E-state index is 9.46. The molecule has 0 saturated heterocycles. The third kappa shape index (κ3) is 4.75. The van der Waals surface area contributed by atoms with Crippen molar-refractivity contribution < 1.29 is 9.15 Å². The van der Waals surface area contributed by atoms with Crippen LogP contribution in [0.4, 0.5) is 0 Å². The predicted octanol–water partition coefficient (Wildman–Crippen LogP) is 6.03. The summed E-state index contributed by atoms with van der Waals surface area (Å²) in [5.74, 6) is 1.29. The zero-order valence-corrected chi connectivity index (χ0v) is 16.6. The Bertz CT molecular complexity index is 1190. The van der Waals surface area contributed by atoms with Gasteiger partial charge < -0.3 is 9.15 Å². The van der Waals surface area contributed by atoms with Crippen LogP contribution in [0.15, 0.2) is 83.3 Å². The van der Waals surface area contributed by atoms with E-state index in [-0.39, 0.29) is 5.89 Å². The summed E-state index contributed by atoms with van der Waals surface area (Å²) >= 11 is 5.88. The van der Waals surface area contributed by atoms with Crippen molar-refractivity contribution in [3.63, 3.8) is 0 Å². The number of halogens is 1. The van der Waals surface area contributed by atoms with Gasteiger partial charge in [-0.15, -0.1) is 10.2 Å². The van der Waals surface area contributed by atoms with Gasteiger partial charge >= 0.3 is 0 Å². The Labute approximate surface area is 178 Å². The average Bonchev–Trinajstić information content (AvgIpc) is 3.28. The molecule has 4 aromatic rings. The molecule has 0 spiro atoms. The van der Waals surface area contributed by atoms with E-state index in [9.17, 15) is 5.26 Å². The quantitative estimate of drug-likeness (QED) is 0.361. The third-order valence-electron chi connectivity index (χ3n) is 4.31. The zero-order chi connectivity index (χ0) is 20.8. The summed E-state index contributed by atoms with van der Waals surface area (Å²) in [5.41, 5.74) is 2.96. The molecule has 0 radical (unpaired) electrons. The van der Waals surface area contributed by atoms with Gasteiger partial charge in [0.1, 0.15) is 24.0 Å². The summed E-state index contributed by atoms with van der Waals surface area (Å²) in [4.78, 5) is 0. The Morgan fingerprint density at radius 3 is 2.40 bits per heavy atom. The highest BCUT2D eigenvalue weighted by Gasteiger charge is 2.13. The van der Waals surface area contributed by atoms with E-state index in [2.05, 4.69) is 16.3 Å². The van der Waals surface area contributed by atoms with Crippen LogP contribution in [0.1, 0.15) is 17.0 Å². The van der Waals surface area contributed by atoms with E-state index in [0.29, 0.717) is 23.1 Å². The molecular formula is C24H16ClN3O2. The normalized spacial score (nSPS) is 11.1. The molecule has 0 aliphatic rings. The fourth-order valence-corrected chi connectivity index (χ4v) is 2.87. The number of benzene rings is 3. The molecule has 0 fully saturated rings. The molecule has 1 aromatic heterocycles. The van der Waals surface area contributed by atoms with Crippen molar-refractivity contribution in [3.8, 4) is 23.3 Å². The van der Waals surface area contributed by atoms with Crippen molar-refractivity contribution in [2.24, 2.45) is 0 Å². The van der Waals surface area contributed by atoms with Gasteiger partial charge in [0.05, 0.1) is 0 Å². The molecule has 0 unspecified atom stereocenters. The van der Waals surface area contributed by atoms with Gasteiger partial charge in [-0.1, -0.05) is 54.1 Å². The molecule has 1 heterocycles. The molecule has 5 nitrogen and oxygen atoms in total. The van der Waals surface area contributed by atoms with Gasteiger partial charge in [0.25, 0.3) is 5.89 Å². The van der Waals surface area contributed by atoms with Crippen molar-refractivity contribution >= 4 is 23.3 Å². The minimum Gasteiger partial charge on any atom is -0.489 e. The van der Waals surface area contributed by atoms with Crippen molar-refractivity contribution in [1.82, 2.24) is 10.2 Å². The van der Waals surface area contributed by atoms with E-state index in [1.54, 1.807) is 18.2 Å². The van der Waals surface area contributed by atoms with Gasteiger partial charge in [-0.2, -0.15) is 5.26 Å². The van der Waals surface area contributed by atoms with Crippen LogP contribution in [0.25, 0.3) is 23.1 Å². The largest absolute Gasteiger partial charge is 0.489 e. The average molecular weight is 414 g/mol. The second-order valence-electron chi connectivity index (χ2n) is 6.43. The van der Waals surface area contributed by atoms with Crippen LogP contribution in [0.2, 0.25) is 5.02 Å². The van der Waals surface area contributed by atoms with E-state index in [4.69, 9.17) is 20.8 Å². The number of aromatic nitrogens is 2. The Morgan fingerprint density at radius 1 is 0.967 bits per heavy atom. The first-order valence-corrected chi connectivity index (χ1v) is 9.57. The monoisotopic (exact) mass is 413 g/mol. The van der Waals surface area contributed by atoms with Gasteiger partial charge in [-0.25, -0.2) is 0 Å². The summed E-state index contributed by atoms with van der Waals surface area (Å²) in [6.45, 7) is 0.426. The third-order valence-corrected chi connectivity index (χ3v) is 4.56. The number of rotatable bonds is 6. The van der Waals surface area contributed by atoms with Gasteiger partial charge in [0.2, 0.25) is 5.89 Å². The van der Waals surface area contributed by atoms with E-state index in [0.717, 1.165) is 22.4 Å². The van der Waals surface area contributed by atoms with Crippen molar-refractivity contribution in [2.75, 3.05) is 0 Å². The van der Waals surface area contributed by atoms with E-state index in [1.165, 1.54) is 0 Å². The lowest BCUT2D eigenvalue weighted by atomic mass is 10.1. The van der Waals surface area contributed by atoms with E-state index in [1.807, 2.05) is 66.7 Å². The van der Waals surface area contributed by atoms with Crippen molar-refractivity contribution in [3.05, 3.63) is 101 Å². The predicted molar refractivity (Wildman–Crippen MR) is 115 cm³/mol. The molecule has 3 aromatic carbocycles. The van der Waals surface area contributed by atoms with Gasteiger partial charge in [-0.05, 0) is 53.6 Å². The fourth-order valence-electron chi connectivity index (χ4n) is 2.75. The highest BCUT2D eigenvalue weighted by Crippen LogP contribution is 2.23. The molecule has 146 valence electrons. The second-order valence-corrected chi connectivity index (χ2v) is 6.87. The van der Waals surface area contributed by atoms with Crippen LogP contribution >= 0.6 is 11.6 Å². The van der Waals surface area contributed by atoms with Crippen molar-refractivity contribution in [2.45, 2.75) is 6.61 Å². The van der Waals surface area contributed by atoms with Gasteiger partial charge in [0, 0.05) is 10.6 Å². The first-order chi connectivity index (χ1) is 14.7. The van der Waals surface area contributed by atoms with Crippen molar-refractivity contribution in [1.29, 1.82) is 5.26 Å². The number of nitriles is 1. The highest BCUT2D eigenvalue weighted by molar-refractivity contribution is 6.30. The Balaban J connectivity index is 1.46. The molecule has 4 rings (SSSR count). The molecule has 30 heavy (non-hydrogen) atoms. The van der Waals surface area contributed by atoms with Crippen LogP contribution in [0.5, 0.6) is 5.75 Å². The summed E-state index contributed by atoms with van der Waals surface area (Å²) in [6, 6.07) is 26.5. The lowest BCUT2D eigenvalue weighted by Gasteiger charge is -2.06. The minimum absolute atomic E-state index is 0.187. The fraction of sp³-hybridized carbons (Fsp3) is 0.0417. The molecule has 6 heteroatoms. The summed E-state index contributed by atoms with van der Waals surface area (Å²) in [6.07, 6.45) is 1.72. The van der Waals surface area contributed by atoms with Gasteiger partial charge in [-0.3, -0.25) is 0 Å². The SMILES string of the molecule is N#C/C(=C\c1ccccc1)c1nnc(-c2ccc(COc3ccc(Cl)cc3)cc2)o1. The molecule has 0 atom stereocenters. The maximum Gasteiger partial charge on any atom is 0.258 e. The standard InChI is InChI=1S/C24H16ClN3O2/c25-21-10-12-22(13-11-21)29-16-18-6-8-19(9-7-18)23-27-28-24(30-23)20(15-26)14-17-4-2-1-3-5-17/h1-14H,16H2/b20-14+. The highest BCUT2D eigenvalue weighted by atomic mass is 35.5. The molecule has 0 aliphatic heterocycles. The molecule has 0 bridgehead atoms. The minimum atomic E-state index is 0.187. The molecular weight excluding hydrogens is 398 g/mol. The van der Waals surface area contributed by atoms with E-state index < -0.39 is 0 Å². The molecule has 0 aliphatic carbocycles. The summed E-state index contributed by atoms with van der Waals surface area (Å²) in [7, 11) is 0. The number of nitrogens with zero attached hydrogens (tertiary/aromatic N) is 3. The van der Waals surface area contributed by atoms with Crippen LogP contribution < -0.4 is 4.74 Å². The Kier molecular flexibility index (Phi) is 5.88. The number of hydrogen-bond acceptors (Lipinski definition) is 5. The Morgan fingerprint density at radius 2 is 1.70 bits per heavy atom. The lowest BCUT2D eigenvalue weighted by molar-refractivity contribution is 0.306. The van der Waals surface area contributed by atoms with Crippen LogP contribution in [-0.2, 0) is 6.61 Å². The zero-order valence-electron chi connectivity index (χ0n) is 15.8. The Hall–Kier alpha value is -3.88. The number of ether oxygens (including phenoxy) is 1. The maximum absolute atomic E-state index is 9.46. The van der Waals surface area contributed by atoms with Crippen LogP contribution in [0.3, 0.4) is 0 Å². The van der Waals surface area contributed by atoms with Crippen LogP contribution in [0, 0.1) is 11.3 Å². The molecule has 0 N–H and O–H groups in total.